The van der Waals surface area contributed by atoms with E-state index in [1.807, 2.05) is 0 Å². The molecule has 3 nitrogen and oxygen atoms in total. The van der Waals surface area contributed by atoms with Crippen LogP contribution in [0.2, 0.25) is 0 Å². The molecule has 1 aromatic heterocycles. The average molecular weight is 260 g/mol. The molecule has 0 aromatic carbocycles. The first kappa shape index (κ1) is 13.1. The van der Waals surface area contributed by atoms with Crippen LogP contribution in [-0.4, -0.2) is 24.7 Å². The number of alkyl halides is 3. The highest BCUT2D eigenvalue weighted by Gasteiger charge is 2.34. The summed E-state index contributed by atoms with van der Waals surface area (Å²) in [5.41, 5.74) is -0.758. The highest BCUT2D eigenvalue weighted by molar-refractivity contribution is 5.32. The van der Waals surface area contributed by atoms with Crippen molar-refractivity contribution < 1.29 is 17.9 Å². The Morgan fingerprint density at radius 3 is 2.72 bits per heavy atom. The molecule has 0 radical (unpaired) electrons. The summed E-state index contributed by atoms with van der Waals surface area (Å²) in [6.07, 6.45) is -0.278. The van der Waals surface area contributed by atoms with Crippen molar-refractivity contribution in [2.75, 3.05) is 19.7 Å². The van der Waals surface area contributed by atoms with Crippen LogP contribution < -0.4 is 10.1 Å². The number of rotatable bonds is 3. The van der Waals surface area contributed by atoms with Gasteiger partial charge in [-0.05, 0) is 37.9 Å². The molecular weight excluding hydrogens is 245 g/mol. The molecule has 100 valence electrons. The molecule has 0 spiro atoms. The van der Waals surface area contributed by atoms with Crippen molar-refractivity contribution in [2.45, 2.75) is 19.0 Å². The third kappa shape index (κ3) is 3.35. The Bertz CT molecular complexity index is 389. The van der Waals surface area contributed by atoms with E-state index in [4.69, 9.17) is 4.74 Å². The average Bonchev–Trinajstić information content (AvgIpc) is 2.37. The fraction of sp³-hybridized carbons (Fsp3) is 0.583. The van der Waals surface area contributed by atoms with Crippen LogP contribution >= 0.6 is 0 Å². The highest BCUT2D eigenvalue weighted by atomic mass is 19.4. The molecule has 1 aromatic rings. The van der Waals surface area contributed by atoms with Crippen LogP contribution in [0.3, 0.4) is 0 Å². The van der Waals surface area contributed by atoms with Crippen LogP contribution in [0.25, 0.3) is 0 Å². The fourth-order valence-corrected chi connectivity index (χ4v) is 1.99. The first-order valence-electron chi connectivity index (χ1n) is 5.92. The summed E-state index contributed by atoms with van der Waals surface area (Å²) < 4.78 is 43.4. The largest absolute Gasteiger partial charge is 0.491 e. The topological polar surface area (TPSA) is 34.1 Å². The van der Waals surface area contributed by atoms with E-state index in [9.17, 15) is 13.2 Å². The highest BCUT2D eigenvalue weighted by Crippen LogP contribution is 2.35. The lowest BCUT2D eigenvalue weighted by Gasteiger charge is -2.23. The van der Waals surface area contributed by atoms with Crippen molar-refractivity contribution in [1.82, 2.24) is 10.3 Å². The third-order valence-electron chi connectivity index (χ3n) is 3.02. The predicted molar refractivity (Wildman–Crippen MR) is 60.3 cm³/mol. The quantitative estimate of drug-likeness (QED) is 0.906. The Morgan fingerprint density at radius 2 is 2.06 bits per heavy atom. The molecule has 2 rings (SSSR count). The zero-order valence-electron chi connectivity index (χ0n) is 9.83. The lowest BCUT2D eigenvalue weighted by Crippen LogP contribution is -2.30. The van der Waals surface area contributed by atoms with Gasteiger partial charge in [0.1, 0.15) is 11.3 Å². The van der Waals surface area contributed by atoms with Gasteiger partial charge in [0.15, 0.2) is 0 Å². The van der Waals surface area contributed by atoms with E-state index in [2.05, 4.69) is 10.3 Å². The summed E-state index contributed by atoms with van der Waals surface area (Å²) in [6.45, 7) is 2.11. The molecule has 18 heavy (non-hydrogen) atoms. The summed E-state index contributed by atoms with van der Waals surface area (Å²) in [5.74, 6) is 0.135. The lowest BCUT2D eigenvalue weighted by atomic mass is 9.99. The molecule has 1 fully saturated rings. The van der Waals surface area contributed by atoms with E-state index in [0.717, 1.165) is 44.4 Å². The van der Waals surface area contributed by atoms with Gasteiger partial charge in [-0.2, -0.15) is 13.2 Å². The van der Waals surface area contributed by atoms with E-state index in [1.54, 1.807) is 0 Å². The molecule has 0 aliphatic carbocycles. The number of aromatic nitrogens is 1. The Balaban J connectivity index is 2.00. The van der Waals surface area contributed by atoms with Crippen LogP contribution in [0.5, 0.6) is 5.75 Å². The lowest BCUT2D eigenvalue weighted by molar-refractivity contribution is -0.139. The Hall–Kier alpha value is -1.30. The summed E-state index contributed by atoms with van der Waals surface area (Å²) in [7, 11) is 0. The number of piperidine rings is 1. The maximum atomic E-state index is 12.7. The summed E-state index contributed by atoms with van der Waals surface area (Å²) in [4.78, 5) is 3.69. The molecule has 0 bridgehead atoms. The maximum Gasteiger partial charge on any atom is 0.420 e. The van der Waals surface area contributed by atoms with Crippen LogP contribution in [0.15, 0.2) is 18.5 Å². The molecule has 1 N–H and O–H groups in total. The zero-order valence-corrected chi connectivity index (χ0v) is 9.83. The van der Waals surface area contributed by atoms with Crippen molar-refractivity contribution >= 4 is 0 Å². The van der Waals surface area contributed by atoms with Crippen molar-refractivity contribution in [3.63, 3.8) is 0 Å². The Labute approximate surface area is 103 Å². The Kier molecular flexibility index (Phi) is 4.06. The second-order valence-corrected chi connectivity index (χ2v) is 4.37. The number of nitrogens with one attached hydrogen (secondary N) is 1. The number of hydrogen-bond acceptors (Lipinski definition) is 3. The van der Waals surface area contributed by atoms with Gasteiger partial charge in [-0.3, -0.25) is 4.98 Å². The van der Waals surface area contributed by atoms with Gasteiger partial charge in [-0.25, -0.2) is 0 Å². The normalized spacial score (nSPS) is 17.7. The minimum atomic E-state index is -4.40. The number of pyridine rings is 1. The molecule has 0 atom stereocenters. The van der Waals surface area contributed by atoms with Crippen molar-refractivity contribution in [3.05, 3.63) is 24.0 Å². The standard InChI is InChI=1S/C12H15F3N2O/c13-12(14,15)10-3-6-17-7-11(10)18-8-9-1-4-16-5-2-9/h3,6-7,9,16H,1-2,4-5,8H2. The number of ether oxygens (including phenoxy) is 1. The van der Waals surface area contributed by atoms with Gasteiger partial charge < -0.3 is 10.1 Å². The van der Waals surface area contributed by atoms with Crippen LogP contribution in [0, 0.1) is 5.92 Å². The van der Waals surface area contributed by atoms with Gasteiger partial charge >= 0.3 is 6.18 Å². The second-order valence-electron chi connectivity index (χ2n) is 4.37. The van der Waals surface area contributed by atoms with Gasteiger partial charge in [0.25, 0.3) is 0 Å². The molecule has 0 amide bonds. The summed E-state index contributed by atoms with van der Waals surface area (Å²) in [5, 5.41) is 3.20. The van der Waals surface area contributed by atoms with Crippen LogP contribution in [0.4, 0.5) is 13.2 Å². The fourth-order valence-electron chi connectivity index (χ4n) is 1.99. The zero-order chi connectivity index (χ0) is 13.0. The van der Waals surface area contributed by atoms with Crippen LogP contribution in [0.1, 0.15) is 18.4 Å². The molecule has 1 aliphatic heterocycles. The summed E-state index contributed by atoms with van der Waals surface area (Å²) >= 11 is 0. The van der Waals surface area contributed by atoms with Crippen molar-refractivity contribution in [2.24, 2.45) is 5.92 Å². The van der Waals surface area contributed by atoms with Gasteiger partial charge in [0.05, 0.1) is 12.8 Å². The first-order chi connectivity index (χ1) is 8.57. The number of halogens is 3. The van der Waals surface area contributed by atoms with Crippen LogP contribution in [-0.2, 0) is 6.18 Å². The molecule has 2 heterocycles. The van der Waals surface area contributed by atoms with Gasteiger partial charge in [-0.15, -0.1) is 0 Å². The summed E-state index contributed by atoms with van der Waals surface area (Å²) in [6, 6.07) is 0.942. The van der Waals surface area contributed by atoms with E-state index < -0.39 is 11.7 Å². The molecular formula is C12H15F3N2O. The number of hydrogen-bond donors (Lipinski definition) is 1. The van der Waals surface area contributed by atoms with E-state index in [-0.39, 0.29) is 5.75 Å². The molecule has 0 unspecified atom stereocenters. The van der Waals surface area contributed by atoms with E-state index in [0.29, 0.717) is 12.5 Å². The smallest absolute Gasteiger partial charge is 0.420 e. The number of nitrogens with zero attached hydrogens (tertiary/aromatic N) is 1. The SMILES string of the molecule is FC(F)(F)c1ccncc1OCC1CCNCC1. The van der Waals surface area contributed by atoms with Crippen molar-refractivity contribution in [3.8, 4) is 5.75 Å². The second kappa shape index (κ2) is 5.56. The Morgan fingerprint density at radius 1 is 1.33 bits per heavy atom. The van der Waals surface area contributed by atoms with Gasteiger partial charge in [0.2, 0.25) is 0 Å². The van der Waals surface area contributed by atoms with E-state index in [1.165, 1.54) is 0 Å². The molecule has 6 heteroatoms. The predicted octanol–water partition coefficient (Wildman–Crippen LogP) is 2.48. The minimum absolute atomic E-state index is 0.177. The van der Waals surface area contributed by atoms with Gasteiger partial charge in [-0.1, -0.05) is 0 Å². The molecule has 1 saturated heterocycles. The molecule has 0 saturated carbocycles. The van der Waals surface area contributed by atoms with Gasteiger partial charge in [0, 0.05) is 6.20 Å². The first-order valence-corrected chi connectivity index (χ1v) is 5.92. The monoisotopic (exact) mass is 260 g/mol. The molecule has 1 aliphatic rings. The van der Waals surface area contributed by atoms with Crippen molar-refractivity contribution in [1.29, 1.82) is 0 Å². The minimum Gasteiger partial charge on any atom is -0.491 e. The third-order valence-corrected chi connectivity index (χ3v) is 3.02. The van der Waals surface area contributed by atoms with E-state index >= 15 is 0 Å². The maximum absolute atomic E-state index is 12.7.